The third-order valence-corrected chi connectivity index (χ3v) is 1.97. The van der Waals surface area contributed by atoms with Crippen LogP contribution in [0.5, 0.6) is 0 Å². The third-order valence-electron chi connectivity index (χ3n) is 1.97. The van der Waals surface area contributed by atoms with E-state index < -0.39 is 0 Å². The smallest absolute Gasteiger partial charge is 0.0475 e. The fourth-order valence-electron chi connectivity index (χ4n) is 1.38. The third kappa shape index (κ3) is 0.576. The van der Waals surface area contributed by atoms with Crippen molar-refractivity contribution in [2.75, 3.05) is 0 Å². The van der Waals surface area contributed by atoms with Gasteiger partial charge in [0.1, 0.15) is 0 Å². The van der Waals surface area contributed by atoms with Gasteiger partial charge in [-0.3, -0.25) is 4.99 Å². The molecule has 1 nitrogen and oxygen atoms in total. The lowest BCUT2D eigenvalue weighted by Gasteiger charge is -1.93. The molecule has 2 aliphatic rings. The number of hydrogen-bond acceptors (Lipinski definition) is 1. The molecule has 0 unspecified atom stereocenters. The molecule has 2 rings (SSSR count). The van der Waals surface area contributed by atoms with Gasteiger partial charge in [0, 0.05) is 24.8 Å². The number of hydrogen-bond donors (Lipinski definition) is 0. The second-order valence-corrected chi connectivity index (χ2v) is 2.53. The highest BCUT2D eigenvalue weighted by Crippen LogP contribution is 2.31. The molecule has 0 saturated carbocycles. The van der Waals surface area contributed by atoms with Crippen molar-refractivity contribution in [1.29, 1.82) is 0 Å². The van der Waals surface area contributed by atoms with Crippen molar-refractivity contribution in [3.05, 3.63) is 22.9 Å². The molecule has 0 N–H and O–H groups in total. The molecule has 0 amide bonds. The van der Waals surface area contributed by atoms with Crippen LogP contribution in [0.15, 0.2) is 27.9 Å². The Balaban J connectivity index is 2.41. The van der Waals surface area contributed by atoms with Crippen LogP contribution in [-0.4, -0.2) is 6.21 Å². The van der Waals surface area contributed by atoms with Crippen molar-refractivity contribution in [3.63, 3.8) is 0 Å². The summed E-state index contributed by atoms with van der Waals surface area (Å²) in [7, 11) is 0. The van der Waals surface area contributed by atoms with E-state index >= 15 is 0 Å². The van der Waals surface area contributed by atoms with Crippen LogP contribution < -0.4 is 0 Å². The molecule has 0 radical (unpaired) electrons. The lowest BCUT2D eigenvalue weighted by atomic mass is 10.1. The monoisotopic (exact) mass is 119 g/mol. The van der Waals surface area contributed by atoms with Crippen molar-refractivity contribution in [3.8, 4) is 0 Å². The van der Waals surface area contributed by atoms with Gasteiger partial charge in [-0.1, -0.05) is 6.08 Å². The molecule has 0 aromatic heterocycles. The molecular formula is C8H9N. The normalized spacial score (nSPS) is 23.0. The summed E-state index contributed by atoms with van der Waals surface area (Å²) >= 11 is 0. The molecule has 0 bridgehead atoms. The van der Waals surface area contributed by atoms with Gasteiger partial charge in [0.15, 0.2) is 0 Å². The molecule has 0 aromatic carbocycles. The average molecular weight is 119 g/mol. The maximum Gasteiger partial charge on any atom is 0.0475 e. The van der Waals surface area contributed by atoms with Crippen LogP contribution in [0.2, 0.25) is 0 Å². The van der Waals surface area contributed by atoms with Crippen LogP contribution >= 0.6 is 0 Å². The Hall–Kier alpha value is -0.850. The minimum Gasteiger partial charge on any atom is -0.265 e. The zero-order valence-corrected chi connectivity index (χ0v) is 5.52. The summed E-state index contributed by atoms with van der Waals surface area (Å²) in [5.74, 6) is 0. The molecule has 0 atom stereocenters. The summed E-state index contributed by atoms with van der Waals surface area (Å²) < 4.78 is 0. The fourth-order valence-corrected chi connectivity index (χ4v) is 1.38. The van der Waals surface area contributed by atoms with Crippen molar-refractivity contribution in [2.24, 2.45) is 4.99 Å². The number of nitrogens with zero attached hydrogens (tertiary/aromatic N) is 1. The van der Waals surface area contributed by atoms with Crippen LogP contribution in [0.4, 0.5) is 0 Å². The second-order valence-electron chi connectivity index (χ2n) is 2.53. The van der Waals surface area contributed by atoms with Crippen molar-refractivity contribution >= 4 is 6.21 Å². The standard InChI is InChI=1S/C8H9N/c1-6-2-3-8-7(6)4-5-9-8/h2,5H,3-4H2,1H3. The molecule has 1 aliphatic heterocycles. The summed E-state index contributed by atoms with van der Waals surface area (Å²) in [6.07, 6.45) is 6.39. The van der Waals surface area contributed by atoms with E-state index in [4.69, 9.17) is 0 Å². The highest BCUT2D eigenvalue weighted by molar-refractivity contribution is 5.71. The molecule has 1 aliphatic carbocycles. The molecular weight excluding hydrogens is 110 g/mol. The maximum atomic E-state index is 4.25. The second kappa shape index (κ2) is 1.56. The Bertz CT molecular complexity index is 231. The molecule has 1 heterocycles. The topological polar surface area (TPSA) is 12.4 Å². The van der Waals surface area contributed by atoms with Gasteiger partial charge in [0.05, 0.1) is 0 Å². The fraction of sp³-hybridized carbons (Fsp3) is 0.375. The first-order valence-electron chi connectivity index (χ1n) is 3.29. The van der Waals surface area contributed by atoms with Gasteiger partial charge in [0.25, 0.3) is 0 Å². The minimum absolute atomic E-state index is 1.07. The zero-order chi connectivity index (χ0) is 6.27. The predicted octanol–water partition coefficient (Wildman–Crippen LogP) is 2.07. The van der Waals surface area contributed by atoms with Crippen LogP contribution in [0.25, 0.3) is 0 Å². The molecule has 0 saturated heterocycles. The molecule has 46 valence electrons. The molecule has 0 spiro atoms. The highest BCUT2D eigenvalue weighted by Gasteiger charge is 2.15. The quantitative estimate of drug-likeness (QED) is 0.463. The Labute approximate surface area is 54.8 Å². The Morgan fingerprint density at radius 3 is 3.11 bits per heavy atom. The van der Waals surface area contributed by atoms with Gasteiger partial charge < -0.3 is 0 Å². The summed E-state index contributed by atoms with van der Waals surface area (Å²) in [6, 6.07) is 0. The first kappa shape index (κ1) is 4.98. The molecule has 0 fully saturated rings. The van der Waals surface area contributed by atoms with Crippen LogP contribution in [-0.2, 0) is 0 Å². The SMILES string of the molecule is CC1=CCC2=C1CC=N2. The Morgan fingerprint density at radius 2 is 2.33 bits per heavy atom. The van der Waals surface area contributed by atoms with E-state index in [1.54, 1.807) is 0 Å². The highest BCUT2D eigenvalue weighted by atomic mass is 14.8. The van der Waals surface area contributed by atoms with Crippen LogP contribution in [0, 0.1) is 0 Å². The Kier molecular flexibility index (Phi) is 0.865. The van der Waals surface area contributed by atoms with Crippen LogP contribution in [0.1, 0.15) is 19.8 Å². The molecule has 1 heteroatoms. The van der Waals surface area contributed by atoms with Gasteiger partial charge in [-0.25, -0.2) is 0 Å². The number of rotatable bonds is 0. The summed E-state index contributed by atoms with van der Waals surface area (Å²) in [6.45, 7) is 2.16. The lowest BCUT2D eigenvalue weighted by Crippen LogP contribution is -1.77. The summed E-state index contributed by atoms with van der Waals surface area (Å²) in [5, 5.41) is 0. The lowest BCUT2D eigenvalue weighted by molar-refractivity contribution is 1.20. The Morgan fingerprint density at radius 1 is 1.44 bits per heavy atom. The van der Waals surface area contributed by atoms with Gasteiger partial charge in [-0.2, -0.15) is 0 Å². The van der Waals surface area contributed by atoms with E-state index in [9.17, 15) is 0 Å². The van der Waals surface area contributed by atoms with E-state index in [2.05, 4.69) is 18.0 Å². The van der Waals surface area contributed by atoms with Crippen LogP contribution in [0.3, 0.4) is 0 Å². The van der Waals surface area contributed by atoms with Gasteiger partial charge in [0.2, 0.25) is 0 Å². The average Bonchev–Trinajstić information content (AvgIpc) is 2.35. The van der Waals surface area contributed by atoms with E-state index in [0.717, 1.165) is 12.8 Å². The first-order chi connectivity index (χ1) is 4.38. The van der Waals surface area contributed by atoms with Crippen molar-refractivity contribution in [1.82, 2.24) is 0 Å². The first-order valence-corrected chi connectivity index (χ1v) is 3.29. The number of aliphatic imine (C=N–C) groups is 1. The molecule has 0 aromatic rings. The van der Waals surface area contributed by atoms with E-state index in [1.807, 2.05) is 6.21 Å². The van der Waals surface area contributed by atoms with Gasteiger partial charge in [-0.05, 0) is 18.1 Å². The molecule has 9 heavy (non-hydrogen) atoms. The van der Waals surface area contributed by atoms with E-state index in [-0.39, 0.29) is 0 Å². The predicted molar refractivity (Wildman–Crippen MR) is 38.5 cm³/mol. The van der Waals surface area contributed by atoms with Gasteiger partial charge in [-0.15, -0.1) is 0 Å². The summed E-state index contributed by atoms with van der Waals surface area (Å²) in [4.78, 5) is 4.25. The van der Waals surface area contributed by atoms with Gasteiger partial charge >= 0.3 is 0 Å². The van der Waals surface area contributed by atoms with E-state index in [1.165, 1.54) is 16.8 Å². The zero-order valence-electron chi connectivity index (χ0n) is 5.52. The van der Waals surface area contributed by atoms with E-state index in [0.29, 0.717) is 0 Å². The van der Waals surface area contributed by atoms with Crippen molar-refractivity contribution < 1.29 is 0 Å². The maximum absolute atomic E-state index is 4.25. The largest absolute Gasteiger partial charge is 0.265 e. The summed E-state index contributed by atoms with van der Waals surface area (Å²) in [5.41, 5.74) is 4.20. The number of allylic oxidation sites excluding steroid dienone is 3. The minimum atomic E-state index is 1.07. The van der Waals surface area contributed by atoms with Crippen molar-refractivity contribution in [2.45, 2.75) is 19.8 Å².